The van der Waals surface area contributed by atoms with E-state index >= 15 is 0 Å². The van der Waals surface area contributed by atoms with Crippen LogP contribution < -0.4 is 4.90 Å². The monoisotopic (exact) mass is 424 g/mol. The first-order valence-electron chi connectivity index (χ1n) is 10.5. The van der Waals surface area contributed by atoms with Crippen LogP contribution in [0.4, 0.5) is 5.69 Å². The molecule has 1 saturated heterocycles. The largest absolute Gasteiger partial charge is 0.478 e. The van der Waals surface area contributed by atoms with E-state index in [4.69, 9.17) is 4.74 Å². The van der Waals surface area contributed by atoms with E-state index in [-0.39, 0.29) is 11.5 Å². The van der Waals surface area contributed by atoms with Crippen molar-refractivity contribution in [3.63, 3.8) is 0 Å². The third-order valence-corrected chi connectivity index (χ3v) is 7.80. The number of rotatable bonds is 4. The summed E-state index contributed by atoms with van der Waals surface area (Å²) in [6, 6.07) is 7.91. The quantitative estimate of drug-likeness (QED) is 0.738. The Morgan fingerprint density at radius 1 is 1.33 bits per heavy atom. The van der Waals surface area contributed by atoms with E-state index in [9.17, 15) is 15.2 Å². The van der Waals surface area contributed by atoms with Gasteiger partial charge in [0.2, 0.25) is 0 Å². The molecule has 2 aromatic rings. The summed E-state index contributed by atoms with van der Waals surface area (Å²) in [4.78, 5) is 16.7. The van der Waals surface area contributed by atoms with Gasteiger partial charge in [-0.3, -0.25) is 0 Å². The van der Waals surface area contributed by atoms with Gasteiger partial charge in [-0.25, -0.2) is 4.79 Å². The van der Waals surface area contributed by atoms with Crippen molar-refractivity contribution in [2.24, 2.45) is 5.41 Å². The maximum absolute atomic E-state index is 12.4. The molecule has 1 N–H and O–H groups in total. The van der Waals surface area contributed by atoms with Gasteiger partial charge in [-0.05, 0) is 61.3 Å². The predicted octanol–water partition coefficient (Wildman–Crippen LogP) is 5.12. The number of nitriles is 1. The molecule has 1 fully saturated rings. The number of carbonyl (C=O) groups is 1. The van der Waals surface area contributed by atoms with Gasteiger partial charge >= 0.3 is 5.97 Å². The number of piperidine rings is 1. The van der Waals surface area contributed by atoms with Gasteiger partial charge in [-0.15, -0.1) is 11.3 Å². The number of anilines is 1. The highest BCUT2D eigenvalue weighted by Gasteiger charge is 2.34. The summed E-state index contributed by atoms with van der Waals surface area (Å²) in [7, 11) is 1.75. The number of nitrogens with zero attached hydrogens (tertiary/aromatic N) is 2. The van der Waals surface area contributed by atoms with Crippen molar-refractivity contribution in [2.75, 3.05) is 25.1 Å². The van der Waals surface area contributed by atoms with Crippen molar-refractivity contribution in [3.8, 4) is 16.5 Å². The second kappa shape index (κ2) is 8.05. The summed E-state index contributed by atoms with van der Waals surface area (Å²) in [5.41, 5.74) is 3.98. The van der Waals surface area contributed by atoms with Gasteiger partial charge in [-0.2, -0.15) is 5.26 Å². The Kier molecular flexibility index (Phi) is 5.61. The van der Waals surface area contributed by atoms with Crippen LogP contribution in [0.1, 0.15) is 59.5 Å². The topological polar surface area (TPSA) is 73.6 Å². The van der Waals surface area contributed by atoms with Crippen LogP contribution in [0.15, 0.2) is 18.2 Å². The van der Waals surface area contributed by atoms with E-state index in [1.54, 1.807) is 18.4 Å². The molecule has 158 valence electrons. The summed E-state index contributed by atoms with van der Waals surface area (Å²) < 4.78 is 5.51. The van der Waals surface area contributed by atoms with E-state index in [1.165, 1.54) is 4.88 Å². The van der Waals surface area contributed by atoms with Gasteiger partial charge in [0, 0.05) is 36.3 Å². The second-order valence-electron chi connectivity index (χ2n) is 9.12. The fourth-order valence-corrected chi connectivity index (χ4v) is 6.07. The first kappa shape index (κ1) is 20.9. The molecule has 0 radical (unpaired) electrons. The Hall–Kier alpha value is -2.36. The molecule has 2 aliphatic rings. The molecule has 1 aliphatic heterocycles. The van der Waals surface area contributed by atoms with Crippen molar-refractivity contribution >= 4 is 23.0 Å². The SMILES string of the molecule is COC1CCN(c2ccc(C#N)cc2-c2sc3c(c2C(=O)O)CC(C)(C)CC3)CC1. The van der Waals surface area contributed by atoms with Crippen LogP contribution >= 0.6 is 11.3 Å². The van der Waals surface area contributed by atoms with Gasteiger partial charge in [0.05, 0.1) is 28.2 Å². The molecule has 0 atom stereocenters. The highest BCUT2D eigenvalue weighted by molar-refractivity contribution is 7.16. The number of ether oxygens (including phenoxy) is 1. The molecular weight excluding hydrogens is 396 g/mol. The second-order valence-corrected chi connectivity index (χ2v) is 10.2. The van der Waals surface area contributed by atoms with Crippen molar-refractivity contribution in [2.45, 2.75) is 52.1 Å². The van der Waals surface area contributed by atoms with Gasteiger partial charge in [0.25, 0.3) is 0 Å². The molecule has 1 aromatic heterocycles. The Bertz CT molecular complexity index is 1010. The predicted molar refractivity (Wildman–Crippen MR) is 119 cm³/mol. The van der Waals surface area contributed by atoms with Gasteiger partial charge in [0.1, 0.15) is 0 Å². The number of aryl methyl sites for hydroxylation is 1. The Morgan fingerprint density at radius 3 is 2.70 bits per heavy atom. The molecule has 1 aliphatic carbocycles. The lowest BCUT2D eigenvalue weighted by atomic mass is 9.76. The van der Waals surface area contributed by atoms with Crippen LogP contribution in [0.3, 0.4) is 0 Å². The molecule has 0 amide bonds. The molecular formula is C24H28N2O3S. The van der Waals surface area contributed by atoms with Crippen molar-refractivity contribution in [3.05, 3.63) is 39.8 Å². The molecule has 2 heterocycles. The molecule has 0 unspecified atom stereocenters. The highest BCUT2D eigenvalue weighted by Crippen LogP contribution is 2.47. The summed E-state index contributed by atoms with van der Waals surface area (Å²) in [5.74, 6) is -0.869. The lowest BCUT2D eigenvalue weighted by Crippen LogP contribution is -2.36. The number of methoxy groups -OCH3 is 1. The summed E-state index contributed by atoms with van der Waals surface area (Å²) in [5, 5.41) is 19.6. The van der Waals surface area contributed by atoms with Crippen LogP contribution in [-0.4, -0.2) is 37.4 Å². The van der Waals surface area contributed by atoms with E-state index in [0.29, 0.717) is 11.1 Å². The number of hydrogen-bond donors (Lipinski definition) is 1. The minimum atomic E-state index is -0.869. The number of benzene rings is 1. The first-order valence-corrected chi connectivity index (χ1v) is 11.3. The lowest BCUT2D eigenvalue weighted by Gasteiger charge is -2.34. The average Bonchev–Trinajstić information content (AvgIpc) is 3.11. The third kappa shape index (κ3) is 3.84. The highest BCUT2D eigenvalue weighted by atomic mass is 32.1. The van der Waals surface area contributed by atoms with Crippen LogP contribution in [0.5, 0.6) is 0 Å². The minimum Gasteiger partial charge on any atom is -0.478 e. The van der Waals surface area contributed by atoms with Gasteiger partial charge < -0.3 is 14.7 Å². The van der Waals surface area contributed by atoms with E-state index in [1.807, 2.05) is 18.2 Å². The number of fused-ring (bicyclic) bond motifs is 1. The van der Waals surface area contributed by atoms with Crippen LogP contribution in [0.2, 0.25) is 0 Å². The zero-order valence-electron chi connectivity index (χ0n) is 17.8. The van der Waals surface area contributed by atoms with Crippen molar-refractivity contribution in [1.82, 2.24) is 0 Å². The van der Waals surface area contributed by atoms with E-state index < -0.39 is 5.97 Å². The van der Waals surface area contributed by atoms with Crippen molar-refractivity contribution < 1.29 is 14.6 Å². The minimum absolute atomic E-state index is 0.106. The Balaban J connectivity index is 1.84. The summed E-state index contributed by atoms with van der Waals surface area (Å²) in [6.07, 6.45) is 4.92. The van der Waals surface area contributed by atoms with Crippen LogP contribution in [-0.2, 0) is 17.6 Å². The number of carboxylic acids is 1. The lowest BCUT2D eigenvalue weighted by molar-refractivity contribution is 0.0696. The Morgan fingerprint density at radius 2 is 2.07 bits per heavy atom. The fourth-order valence-electron chi connectivity index (χ4n) is 4.73. The standard InChI is InChI=1S/C24H28N2O3S/c1-24(2)9-6-20-18(13-24)21(23(27)28)22(30-20)17-12-15(14-25)4-5-19(17)26-10-7-16(29-3)8-11-26/h4-5,12,16H,6-11,13H2,1-3H3,(H,27,28). The molecule has 0 bridgehead atoms. The maximum atomic E-state index is 12.4. The molecule has 1 aromatic carbocycles. The summed E-state index contributed by atoms with van der Waals surface area (Å²) in [6.45, 7) is 6.14. The van der Waals surface area contributed by atoms with Crippen LogP contribution in [0.25, 0.3) is 10.4 Å². The summed E-state index contributed by atoms with van der Waals surface area (Å²) >= 11 is 1.60. The zero-order valence-corrected chi connectivity index (χ0v) is 18.6. The number of hydrogen-bond acceptors (Lipinski definition) is 5. The van der Waals surface area contributed by atoms with Gasteiger partial charge in [0.15, 0.2) is 0 Å². The number of thiophene rings is 1. The normalized spacial score (nSPS) is 18.7. The zero-order chi connectivity index (χ0) is 21.5. The molecule has 0 spiro atoms. The number of aromatic carboxylic acids is 1. The molecule has 6 heteroatoms. The fraction of sp³-hybridized carbons (Fsp3) is 0.500. The average molecular weight is 425 g/mol. The molecule has 30 heavy (non-hydrogen) atoms. The van der Waals surface area contributed by atoms with E-state index in [0.717, 1.165) is 66.9 Å². The molecule has 5 nitrogen and oxygen atoms in total. The Labute approximate surface area is 181 Å². The van der Waals surface area contributed by atoms with Crippen molar-refractivity contribution in [1.29, 1.82) is 5.26 Å². The molecule has 4 rings (SSSR count). The maximum Gasteiger partial charge on any atom is 0.337 e. The molecule has 0 saturated carbocycles. The van der Waals surface area contributed by atoms with Gasteiger partial charge in [-0.1, -0.05) is 13.8 Å². The smallest absolute Gasteiger partial charge is 0.337 e. The first-order chi connectivity index (χ1) is 14.3. The van der Waals surface area contributed by atoms with Crippen LogP contribution in [0, 0.1) is 16.7 Å². The van der Waals surface area contributed by atoms with E-state index in [2.05, 4.69) is 24.8 Å². The number of carboxylic acid groups (broad SMARTS) is 1. The third-order valence-electron chi connectivity index (χ3n) is 6.48.